The second-order valence-corrected chi connectivity index (χ2v) is 9.83. The Kier molecular flexibility index (Phi) is 5.57. The van der Waals surface area contributed by atoms with E-state index in [2.05, 4.69) is 20.1 Å². The van der Waals surface area contributed by atoms with Gasteiger partial charge < -0.3 is 5.32 Å². The third-order valence-corrected chi connectivity index (χ3v) is 7.06. The molecule has 0 fully saturated rings. The Morgan fingerprint density at radius 1 is 0.909 bits per heavy atom. The summed E-state index contributed by atoms with van der Waals surface area (Å²) < 4.78 is 29.6. The van der Waals surface area contributed by atoms with Crippen LogP contribution in [-0.4, -0.2) is 23.2 Å². The molecule has 0 saturated heterocycles. The molecule has 0 radical (unpaired) electrons. The number of fused-ring (bicyclic) bond motifs is 1. The lowest BCUT2D eigenvalue weighted by Gasteiger charge is -2.24. The van der Waals surface area contributed by atoms with E-state index in [1.807, 2.05) is 36.4 Å². The molecule has 0 spiro atoms. The van der Waals surface area contributed by atoms with Gasteiger partial charge in [-0.25, -0.2) is 17.8 Å². The van der Waals surface area contributed by atoms with Gasteiger partial charge in [0.2, 0.25) is 5.95 Å². The molecule has 5 rings (SSSR count). The first-order valence-electron chi connectivity index (χ1n) is 9.94. The summed E-state index contributed by atoms with van der Waals surface area (Å²) in [5.74, 6) is 0.322. The first-order valence-corrected chi connectivity index (χ1v) is 12.2. The quantitative estimate of drug-likeness (QED) is 0.383. The van der Waals surface area contributed by atoms with E-state index in [1.54, 1.807) is 41.1 Å². The zero-order valence-electron chi connectivity index (χ0n) is 17.0. The normalized spacial score (nSPS) is 15.3. The van der Waals surface area contributed by atoms with Crippen LogP contribution >= 0.6 is 23.2 Å². The lowest BCUT2D eigenvalue weighted by molar-refractivity contribution is 0.598. The number of benzene rings is 3. The number of nitrogens with zero attached hydrogens (tertiary/aromatic N) is 3. The zero-order chi connectivity index (χ0) is 23.0. The third-order valence-electron chi connectivity index (χ3n) is 5.12. The standard InChI is InChI=1S/C23H17Cl2N5O2S/c24-16-12-10-15(11-13-16)20-14-21(18-8-4-5-9-19(18)25)30-23(26-20)27-22(28-30)29-33(31,32)17-6-2-1-3-7-17/h1-14,21H,(H2,26,27,28,29)/t21-/m1/s1. The Bertz CT molecular complexity index is 1450. The SMILES string of the molecule is O=S(=O)(Nc1nc2n(n1)[C@@H](c1ccccc1Cl)C=C(c1ccc(Cl)cc1)N2)c1ccccc1. The fourth-order valence-electron chi connectivity index (χ4n) is 3.55. The molecule has 3 aromatic carbocycles. The molecule has 166 valence electrons. The highest BCUT2D eigenvalue weighted by Gasteiger charge is 2.28. The van der Waals surface area contributed by atoms with Crippen LogP contribution in [0.25, 0.3) is 5.70 Å². The summed E-state index contributed by atoms with van der Waals surface area (Å²) in [5.41, 5.74) is 2.46. The molecule has 1 aliphatic heterocycles. The van der Waals surface area contributed by atoms with E-state index in [4.69, 9.17) is 23.2 Å². The van der Waals surface area contributed by atoms with Gasteiger partial charge >= 0.3 is 0 Å². The van der Waals surface area contributed by atoms with Gasteiger partial charge in [0, 0.05) is 15.7 Å². The molecule has 0 aliphatic carbocycles. The van der Waals surface area contributed by atoms with Crippen LogP contribution in [0.3, 0.4) is 0 Å². The lowest BCUT2D eigenvalue weighted by Crippen LogP contribution is -2.20. The van der Waals surface area contributed by atoms with E-state index in [1.165, 1.54) is 12.1 Å². The molecule has 4 aromatic rings. The molecule has 7 nitrogen and oxygen atoms in total. The van der Waals surface area contributed by atoms with Crippen LogP contribution in [0.15, 0.2) is 89.8 Å². The monoisotopic (exact) mass is 497 g/mol. The molecule has 2 N–H and O–H groups in total. The maximum atomic E-state index is 12.8. The molecular weight excluding hydrogens is 481 g/mol. The summed E-state index contributed by atoms with van der Waals surface area (Å²) in [6.07, 6.45) is 1.96. The number of halogens is 2. The molecule has 0 unspecified atom stereocenters. The average molecular weight is 498 g/mol. The smallest absolute Gasteiger partial charge is 0.264 e. The number of aromatic nitrogens is 3. The minimum atomic E-state index is -3.85. The highest BCUT2D eigenvalue weighted by molar-refractivity contribution is 7.92. The zero-order valence-corrected chi connectivity index (χ0v) is 19.3. The molecule has 33 heavy (non-hydrogen) atoms. The van der Waals surface area contributed by atoms with Crippen molar-refractivity contribution in [2.45, 2.75) is 10.9 Å². The van der Waals surface area contributed by atoms with Crippen LogP contribution in [0.1, 0.15) is 17.2 Å². The van der Waals surface area contributed by atoms with Gasteiger partial charge in [0.25, 0.3) is 16.0 Å². The predicted octanol–water partition coefficient (Wildman–Crippen LogP) is 5.44. The van der Waals surface area contributed by atoms with Crippen molar-refractivity contribution in [2.24, 2.45) is 0 Å². The van der Waals surface area contributed by atoms with E-state index in [0.29, 0.717) is 16.0 Å². The van der Waals surface area contributed by atoms with Crippen molar-refractivity contribution in [3.05, 3.63) is 106 Å². The number of rotatable bonds is 5. The molecule has 2 heterocycles. The first-order chi connectivity index (χ1) is 15.9. The van der Waals surface area contributed by atoms with Crippen LogP contribution in [0, 0.1) is 0 Å². The second kappa shape index (κ2) is 8.55. The van der Waals surface area contributed by atoms with Gasteiger partial charge in [0.15, 0.2) is 0 Å². The molecule has 1 aliphatic rings. The van der Waals surface area contributed by atoms with E-state index >= 15 is 0 Å². The van der Waals surface area contributed by atoms with Crippen LogP contribution in [0.5, 0.6) is 0 Å². The van der Waals surface area contributed by atoms with Crippen LogP contribution in [-0.2, 0) is 10.0 Å². The minimum Gasteiger partial charge on any atom is -0.324 e. The summed E-state index contributed by atoms with van der Waals surface area (Å²) in [4.78, 5) is 4.52. The predicted molar refractivity (Wildman–Crippen MR) is 130 cm³/mol. The third kappa shape index (κ3) is 4.32. The van der Waals surface area contributed by atoms with Gasteiger partial charge in [-0.05, 0) is 47.5 Å². The molecule has 1 aromatic heterocycles. The van der Waals surface area contributed by atoms with Crippen molar-refractivity contribution in [1.29, 1.82) is 0 Å². The molecule has 0 amide bonds. The van der Waals surface area contributed by atoms with E-state index in [0.717, 1.165) is 16.8 Å². The Hall–Kier alpha value is -3.33. The van der Waals surface area contributed by atoms with Crippen LogP contribution in [0.4, 0.5) is 11.9 Å². The molecule has 1 atom stereocenters. The second-order valence-electron chi connectivity index (χ2n) is 7.30. The van der Waals surface area contributed by atoms with Crippen LogP contribution < -0.4 is 10.0 Å². The maximum absolute atomic E-state index is 12.8. The summed E-state index contributed by atoms with van der Waals surface area (Å²) in [6.45, 7) is 0. The largest absolute Gasteiger partial charge is 0.324 e. The topological polar surface area (TPSA) is 88.9 Å². The van der Waals surface area contributed by atoms with Crippen molar-refractivity contribution in [2.75, 3.05) is 10.0 Å². The molecule has 10 heteroatoms. The molecule has 0 saturated carbocycles. The van der Waals surface area contributed by atoms with Crippen LogP contribution in [0.2, 0.25) is 10.0 Å². The Labute approximate surface area is 200 Å². The van der Waals surface area contributed by atoms with Crippen molar-refractivity contribution in [3.8, 4) is 0 Å². The van der Waals surface area contributed by atoms with E-state index < -0.39 is 16.1 Å². The fraction of sp³-hybridized carbons (Fsp3) is 0.0435. The van der Waals surface area contributed by atoms with Gasteiger partial charge in [-0.3, -0.25) is 0 Å². The highest BCUT2D eigenvalue weighted by atomic mass is 35.5. The maximum Gasteiger partial charge on any atom is 0.264 e. The van der Waals surface area contributed by atoms with Gasteiger partial charge in [0.05, 0.1) is 4.90 Å². The highest BCUT2D eigenvalue weighted by Crippen LogP contribution is 2.36. The number of sulfonamides is 1. The van der Waals surface area contributed by atoms with Crippen molar-refractivity contribution in [1.82, 2.24) is 14.8 Å². The number of nitrogens with one attached hydrogen (secondary N) is 2. The first kappa shape index (κ1) is 21.5. The summed E-state index contributed by atoms with van der Waals surface area (Å²) in [6, 6.07) is 22.4. The van der Waals surface area contributed by atoms with E-state index in [-0.39, 0.29) is 10.8 Å². The van der Waals surface area contributed by atoms with Crippen molar-refractivity contribution >= 4 is 50.8 Å². The van der Waals surface area contributed by atoms with Crippen molar-refractivity contribution in [3.63, 3.8) is 0 Å². The number of allylic oxidation sites excluding steroid dienone is 1. The number of hydrogen-bond donors (Lipinski definition) is 2. The number of anilines is 2. The Morgan fingerprint density at radius 3 is 2.33 bits per heavy atom. The summed E-state index contributed by atoms with van der Waals surface area (Å²) >= 11 is 12.5. The molecule has 0 bridgehead atoms. The minimum absolute atomic E-state index is 0.0517. The molecular formula is C23H17Cl2N5O2S. The van der Waals surface area contributed by atoms with Gasteiger partial charge in [-0.15, -0.1) is 5.10 Å². The summed E-state index contributed by atoms with van der Waals surface area (Å²) in [7, 11) is -3.85. The van der Waals surface area contributed by atoms with Gasteiger partial charge in [0.1, 0.15) is 6.04 Å². The summed E-state index contributed by atoms with van der Waals surface area (Å²) in [5, 5.41) is 8.84. The van der Waals surface area contributed by atoms with E-state index in [9.17, 15) is 8.42 Å². The number of hydrogen-bond acceptors (Lipinski definition) is 5. The Morgan fingerprint density at radius 2 is 1.61 bits per heavy atom. The van der Waals surface area contributed by atoms with Crippen molar-refractivity contribution < 1.29 is 8.42 Å². The van der Waals surface area contributed by atoms with Gasteiger partial charge in [-0.1, -0.05) is 71.7 Å². The lowest BCUT2D eigenvalue weighted by atomic mass is 10.0. The van der Waals surface area contributed by atoms with Gasteiger partial charge in [-0.2, -0.15) is 4.98 Å². The average Bonchev–Trinajstić information content (AvgIpc) is 3.21. The Balaban J connectivity index is 1.56. The fourth-order valence-corrected chi connectivity index (χ4v) is 4.88.